The van der Waals surface area contributed by atoms with Gasteiger partial charge < -0.3 is 9.73 Å². The van der Waals surface area contributed by atoms with E-state index in [1.54, 1.807) is 32.0 Å². The fraction of sp³-hybridized carbons (Fsp3) is 0.348. The average Bonchev–Trinajstić information content (AvgIpc) is 3.29. The second-order valence-electron chi connectivity index (χ2n) is 7.27. The molecular weight excluding hydrogens is 460 g/mol. The normalized spacial score (nSPS) is 11.6. The largest absolute Gasteiger partial charge is 0.411 e. The fourth-order valence-electron chi connectivity index (χ4n) is 3.25. The van der Waals surface area contributed by atoms with E-state index in [1.165, 1.54) is 15.9 Å². The van der Waals surface area contributed by atoms with Gasteiger partial charge in [-0.15, -0.1) is 10.2 Å². The molecule has 1 N–H and O–H groups in total. The Bertz CT molecular complexity index is 1170. The predicted molar refractivity (Wildman–Crippen MR) is 130 cm³/mol. The van der Waals surface area contributed by atoms with Gasteiger partial charge in [0.2, 0.25) is 21.8 Å². The number of sulfonamides is 1. The number of nitrogens with one attached hydrogen (secondary N) is 1. The van der Waals surface area contributed by atoms with Gasteiger partial charge in [-0.2, -0.15) is 4.31 Å². The number of carbonyl (C=O) groups excluding carboxylic acids is 1. The Morgan fingerprint density at radius 2 is 1.79 bits per heavy atom. The van der Waals surface area contributed by atoms with Crippen LogP contribution in [0.5, 0.6) is 0 Å². The van der Waals surface area contributed by atoms with Crippen molar-refractivity contribution in [3.8, 4) is 11.5 Å². The molecule has 8 nitrogen and oxygen atoms in total. The van der Waals surface area contributed by atoms with E-state index in [0.717, 1.165) is 30.3 Å². The van der Waals surface area contributed by atoms with Gasteiger partial charge in [-0.1, -0.05) is 57.2 Å². The van der Waals surface area contributed by atoms with Crippen LogP contribution in [0.1, 0.15) is 32.8 Å². The fourth-order valence-corrected chi connectivity index (χ4v) is 5.32. The van der Waals surface area contributed by atoms with Crippen LogP contribution in [0.15, 0.2) is 63.1 Å². The Morgan fingerprint density at radius 1 is 1.06 bits per heavy atom. The Morgan fingerprint density at radius 3 is 2.45 bits per heavy atom. The van der Waals surface area contributed by atoms with E-state index in [-0.39, 0.29) is 27.7 Å². The molecule has 10 heteroatoms. The Kier molecular flexibility index (Phi) is 8.65. The molecule has 0 bridgehead atoms. The van der Waals surface area contributed by atoms with Crippen LogP contribution >= 0.6 is 11.8 Å². The quantitative estimate of drug-likeness (QED) is 0.398. The van der Waals surface area contributed by atoms with Crippen LogP contribution < -0.4 is 5.32 Å². The molecule has 3 aromatic rings. The summed E-state index contributed by atoms with van der Waals surface area (Å²) >= 11 is 1.12. The van der Waals surface area contributed by atoms with Gasteiger partial charge in [-0.05, 0) is 42.3 Å². The van der Waals surface area contributed by atoms with Crippen LogP contribution in [0.3, 0.4) is 0 Å². The van der Waals surface area contributed by atoms with E-state index in [2.05, 4.69) is 22.4 Å². The van der Waals surface area contributed by atoms with Gasteiger partial charge in [0.15, 0.2) is 0 Å². The maximum Gasteiger partial charge on any atom is 0.277 e. The van der Waals surface area contributed by atoms with E-state index >= 15 is 0 Å². The second kappa shape index (κ2) is 11.4. The van der Waals surface area contributed by atoms with E-state index < -0.39 is 10.0 Å². The van der Waals surface area contributed by atoms with Crippen molar-refractivity contribution in [1.82, 2.24) is 14.5 Å². The van der Waals surface area contributed by atoms with Crippen molar-refractivity contribution in [2.75, 3.05) is 24.2 Å². The standard InChI is InChI=1S/C23H28N4O4S2/c1-4-8-17-11-13-19(14-12-17)24-21(28)16-32-23-26-25-22(31-23)18-9-7-10-20(15-18)33(29,30)27(5-2)6-3/h7,9-15H,4-6,8,16H2,1-3H3,(H,24,28). The minimum absolute atomic E-state index is 0.106. The number of aryl methyl sites for hydroxylation is 1. The number of nitrogens with zero attached hydrogens (tertiary/aromatic N) is 3. The van der Waals surface area contributed by atoms with Crippen molar-refractivity contribution in [2.24, 2.45) is 0 Å². The summed E-state index contributed by atoms with van der Waals surface area (Å²) in [7, 11) is -3.60. The molecule has 0 aliphatic carbocycles. The smallest absolute Gasteiger partial charge is 0.277 e. The molecule has 0 spiro atoms. The lowest BCUT2D eigenvalue weighted by Crippen LogP contribution is -2.30. The summed E-state index contributed by atoms with van der Waals surface area (Å²) in [5.74, 6) is 0.116. The molecular formula is C23H28N4O4S2. The second-order valence-corrected chi connectivity index (χ2v) is 10.1. The molecule has 0 aliphatic rings. The minimum atomic E-state index is -3.60. The third-order valence-corrected chi connectivity index (χ3v) is 7.80. The molecule has 2 aromatic carbocycles. The number of benzene rings is 2. The van der Waals surface area contributed by atoms with E-state index in [4.69, 9.17) is 4.42 Å². The molecule has 0 saturated carbocycles. The van der Waals surface area contributed by atoms with Crippen LogP contribution in [0, 0.1) is 0 Å². The highest BCUT2D eigenvalue weighted by Gasteiger charge is 2.22. The summed E-state index contributed by atoms with van der Waals surface area (Å²) in [6, 6.07) is 14.2. The average molecular weight is 489 g/mol. The summed E-state index contributed by atoms with van der Waals surface area (Å²) in [5.41, 5.74) is 2.47. The molecule has 0 fully saturated rings. The van der Waals surface area contributed by atoms with Crippen molar-refractivity contribution in [1.29, 1.82) is 0 Å². The molecule has 0 aliphatic heterocycles. The maximum atomic E-state index is 12.8. The minimum Gasteiger partial charge on any atom is -0.411 e. The molecule has 33 heavy (non-hydrogen) atoms. The third kappa shape index (κ3) is 6.43. The monoisotopic (exact) mass is 488 g/mol. The lowest BCUT2D eigenvalue weighted by Gasteiger charge is -2.18. The van der Waals surface area contributed by atoms with Gasteiger partial charge in [-0.3, -0.25) is 4.79 Å². The van der Waals surface area contributed by atoms with E-state index in [9.17, 15) is 13.2 Å². The zero-order valence-corrected chi connectivity index (χ0v) is 20.6. The molecule has 0 saturated heterocycles. The van der Waals surface area contributed by atoms with Crippen LogP contribution in [0.4, 0.5) is 5.69 Å². The van der Waals surface area contributed by atoms with Gasteiger partial charge >= 0.3 is 0 Å². The van der Waals surface area contributed by atoms with Crippen LogP contribution in [-0.4, -0.2) is 47.7 Å². The van der Waals surface area contributed by atoms with Crippen LogP contribution in [0.2, 0.25) is 0 Å². The molecule has 0 radical (unpaired) electrons. The lowest BCUT2D eigenvalue weighted by molar-refractivity contribution is -0.113. The summed E-state index contributed by atoms with van der Waals surface area (Å²) in [4.78, 5) is 12.4. The zero-order valence-electron chi connectivity index (χ0n) is 18.9. The lowest BCUT2D eigenvalue weighted by atomic mass is 10.1. The molecule has 3 rings (SSSR count). The number of carbonyl (C=O) groups is 1. The molecule has 0 atom stereocenters. The van der Waals surface area contributed by atoms with Crippen molar-refractivity contribution in [2.45, 2.75) is 43.7 Å². The SMILES string of the molecule is CCCc1ccc(NC(=O)CSc2nnc(-c3cccc(S(=O)(=O)N(CC)CC)c3)o2)cc1. The van der Waals surface area contributed by atoms with E-state index in [1.807, 2.05) is 24.3 Å². The van der Waals surface area contributed by atoms with Crippen molar-refractivity contribution in [3.63, 3.8) is 0 Å². The first-order valence-electron chi connectivity index (χ1n) is 10.8. The molecule has 1 aromatic heterocycles. The summed E-state index contributed by atoms with van der Waals surface area (Å²) in [6.45, 7) is 6.49. The highest BCUT2D eigenvalue weighted by molar-refractivity contribution is 7.99. The van der Waals surface area contributed by atoms with Gasteiger partial charge in [-0.25, -0.2) is 8.42 Å². The van der Waals surface area contributed by atoms with Crippen molar-refractivity contribution < 1.29 is 17.6 Å². The number of rotatable bonds is 11. The number of thioether (sulfide) groups is 1. The predicted octanol–water partition coefficient (Wildman–Crippen LogP) is 4.45. The summed E-state index contributed by atoms with van der Waals surface area (Å²) in [5, 5.41) is 11.1. The highest BCUT2D eigenvalue weighted by atomic mass is 32.2. The van der Waals surface area contributed by atoms with Gasteiger partial charge in [0.25, 0.3) is 5.22 Å². The van der Waals surface area contributed by atoms with E-state index in [0.29, 0.717) is 18.7 Å². The van der Waals surface area contributed by atoms with Gasteiger partial charge in [0.05, 0.1) is 10.6 Å². The van der Waals surface area contributed by atoms with Crippen molar-refractivity contribution >= 4 is 33.4 Å². The number of anilines is 1. The highest BCUT2D eigenvalue weighted by Crippen LogP contribution is 2.26. The van der Waals surface area contributed by atoms with Crippen molar-refractivity contribution in [3.05, 3.63) is 54.1 Å². The van der Waals surface area contributed by atoms with Gasteiger partial charge in [0, 0.05) is 24.3 Å². The molecule has 1 amide bonds. The summed E-state index contributed by atoms with van der Waals surface area (Å²) in [6.07, 6.45) is 2.08. The third-order valence-electron chi connectivity index (χ3n) is 4.93. The number of aromatic nitrogens is 2. The number of hydrogen-bond acceptors (Lipinski definition) is 7. The first-order valence-corrected chi connectivity index (χ1v) is 13.3. The zero-order chi connectivity index (χ0) is 23.8. The van der Waals surface area contributed by atoms with Crippen LogP contribution in [0.25, 0.3) is 11.5 Å². The van der Waals surface area contributed by atoms with Gasteiger partial charge in [0.1, 0.15) is 0 Å². The van der Waals surface area contributed by atoms with Crippen LogP contribution in [-0.2, 0) is 21.2 Å². The number of hydrogen-bond donors (Lipinski definition) is 1. The first kappa shape index (κ1) is 24.9. The Balaban J connectivity index is 1.62. The molecule has 176 valence electrons. The summed E-state index contributed by atoms with van der Waals surface area (Å²) < 4.78 is 32.6. The molecule has 0 unspecified atom stereocenters. The number of amides is 1. The maximum absolute atomic E-state index is 12.8. The Labute approximate surface area is 198 Å². The first-order chi connectivity index (χ1) is 15.9. The molecule has 1 heterocycles. The topological polar surface area (TPSA) is 105 Å². The Hall–Kier alpha value is -2.69.